The van der Waals surface area contributed by atoms with Gasteiger partial charge in [0, 0.05) is 6.04 Å². The second-order valence-electron chi connectivity index (χ2n) is 7.14. The molecule has 24 heavy (non-hydrogen) atoms. The Labute approximate surface area is 144 Å². The quantitative estimate of drug-likeness (QED) is 0.862. The minimum absolute atomic E-state index is 0.469. The monoisotopic (exact) mass is 319 g/mol. The average Bonchev–Trinajstić information content (AvgIpc) is 2.68. The molecule has 0 spiro atoms. The van der Waals surface area contributed by atoms with Gasteiger partial charge in [0.2, 0.25) is 0 Å². The average molecular weight is 319 g/mol. The van der Waals surface area contributed by atoms with E-state index < -0.39 is 5.60 Å². The van der Waals surface area contributed by atoms with Crippen LogP contribution in [0.2, 0.25) is 0 Å². The van der Waals surface area contributed by atoms with E-state index in [2.05, 4.69) is 11.0 Å². The standard InChI is InChI=1S/C22H25NO/c24-22(19-7-3-1-4-8-19,20-9-5-2-6-10-20)14-11-21-17-18-12-15-23(21)16-13-18/h1-11,14,18,21,24H,12-13,15-17H2/b14-11+. The molecule has 3 aliphatic rings. The van der Waals surface area contributed by atoms with Gasteiger partial charge >= 0.3 is 0 Å². The van der Waals surface area contributed by atoms with Crippen LogP contribution in [-0.2, 0) is 5.60 Å². The van der Waals surface area contributed by atoms with Crippen LogP contribution in [0.5, 0.6) is 0 Å². The van der Waals surface area contributed by atoms with Crippen molar-refractivity contribution in [3.8, 4) is 0 Å². The third-order valence-corrected chi connectivity index (χ3v) is 5.68. The SMILES string of the molecule is OC(/C=C/C1CC2CCN1CC2)(c1ccccc1)c1ccccc1. The maximum atomic E-state index is 11.5. The number of fused-ring (bicyclic) bond motifs is 3. The number of nitrogens with zero attached hydrogens (tertiary/aromatic N) is 1. The third-order valence-electron chi connectivity index (χ3n) is 5.68. The number of piperidine rings is 3. The number of benzene rings is 2. The highest BCUT2D eigenvalue weighted by molar-refractivity contribution is 5.41. The highest BCUT2D eigenvalue weighted by Gasteiger charge is 2.34. The van der Waals surface area contributed by atoms with Gasteiger partial charge in [0.05, 0.1) is 0 Å². The summed E-state index contributed by atoms with van der Waals surface area (Å²) in [5, 5.41) is 11.5. The lowest BCUT2D eigenvalue weighted by atomic mass is 9.81. The molecular formula is C22H25NO. The van der Waals surface area contributed by atoms with Crippen molar-refractivity contribution in [1.82, 2.24) is 4.90 Å². The molecule has 3 saturated heterocycles. The molecule has 2 heteroatoms. The molecule has 3 heterocycles. The second-order valence-corrected chi connectivity index (χ2v) is 7.14. The minimum Gasteiger partial charge on any atom is -0.377 e. The fourth-order valence-electron chi connectivity index (χ4n) is 4.21. The van der Waals surface area contributed by atoms with E-state index in [9.17, 15) is 5.11 Å². The van der Waals surface area contributed by atoms with Crippen molar-refractivity contribution in [2.75, 3.05) is 13.1 Å². The zero-order valence-electron chi connectivity index (χ0n) is 14.0. The summed E-state index contributed by atoms with van der Waals surface area (Å²) in [6.07, 6.45) is 8.17. The van der Waals surface area contributed by atoms with Gasteiger partial charge in [-0.25, -0.2) is 0 Å². The van der Waals surface area contributed by atoms with Gasteiger partial charge in [-0.15, -0.1) is 0 Å². The van der Waals surface area contributed by atoms with Crippen molar-refractivity contribution >= 4 is 0 Å². The Hall–Kier alpha value is -1.90. The van der Waals surface area contributed by atoms with Crippen molar-refractivity contribution in [2.45, 2.75) is 30.9 Å². The van der Waals surface area contributed by atoms with Crippen molar-refractivity contribution in [1.29, 1.82) is 0 Å². The largest absolute Gasteiger partial charge is 0.377 e. The van der Waals surface area contributed by atoms with Gasteiger partial charge in [0.25, 0.3) is 0 Å². The highest BCUT2D eigenvalue weighted by atomic mass is 16.3. The molecule has 2 aromatic rings. The van der Waals surface area contributed by atoms with Gasteiger partial charge in [-0.3, -0.25) is 4.90 Å². The van der Waals surface area contributed by atoms with Crippen molar-refractivity contribution in [2.24, 2.45) is 5.92 Å². The predicted molar refractivity (Wildman–Crippen MR) is 97.7 cm³/mol. The van der Waals surface area contributed by atoms with E-state index >= 15 is 0 Å². The summed E-state index contributed by atoms with van der Waals surface area (Å²) in [5.41, 5.74) is 0.771. The Morgan fingerprint density at radius 2 is 1.42 bits per heavy atom. The lowest BCUT2D eigenvalue weighted by Crippen LogP contribution is -2.47. The molecule has 2 nitrogen and oxygen atoms in total. The molecule has 5 rings (SSSR count). The van der Waals surface area contributed by atoms with Crippen molar-refractivity contribution in [3.05, 3.63) is 83.9 Å². The number of rotatable bonds is 4. The normalized spacial score (nSPS) is 26.8. The summed E-state index contributed by atoms with van der Waals surface area (Å²) in [6.45, 7) is 2.41. The molecule has 1 unspecified atom stereocenters. The minimum atomic E-state index is -1.07. The van der Waals surface area contributed by atoms with Gasteiger partial charge in [0.15, 0.2) is 0 Å². The fraction of sp³-hybridized carbons (Fsp3) is 0.364. The molecule has 2 aromatic carbocycles. The molecular weight excluding hydrogens is 294 g/mol. The summed E-state index contributed by atoms with van der Waals surface area (Å²) in [6, 6.07) is 20.4. The fourth-order valence-corrected chi connectivity index (χ4v) is 4.21. The molecule has 3 aliphatic heterocycles. The summed E-state index contributed by atoms with van der Waals surface area (Å²) in [5.74, 6) is 0.867. The molecule has 1 N–H and O–H groups in total. The van der Waals surface area contributed by atoms with Gasteiger partial charge in [-0.2, -0.15) is 0 Å². The molecule has 0 saturated carbocycles. The molecule has 0 radical (unpaired) electrons. The number of hydrogen-bond acceptors (Lipinski definition) is 2. The smallest absolute Gasteiger partial charge is 0.133 e. The molecule has 2 bridgehead atoms. The molecule has 0 aromatic heterocycles. The molecule has 1 atom stereocenters. The van der Waals surface area contributed by atoms with E-state index in [-0.39, 0.29) is 0 Å². The Balaban J connectivity index is 1.67. The van der Waals surface area contributed by atoms with Crippen LogP contribution < -0.4 is 0 Å². The van der Waals surface area contributed by atoms with Crippen LogP contribution in [-0.4, -0.2) is 29.1 Å². The summed E-state index contributed by atoms with van der Waals surface area (Å²) >= 11 is 0. The van der Waals surface area contributed by atoms with Crippen molar-refractivity contribution in [3.63, 3.8) is 0 Å². The van der Waals surface area contributed by atoms with Crippen LogP contribution in [0.1, 0.15) is 30.4 Å². The topological polar surface area (TPSA) is 23.5 Å². The van der Waals surface area contributed by atoms with Crippen LogP contribution in [0.3, 0.4) is 0 Å². The molecule has 0 aliphatic carbocycles. The maximum absolute atomic E-state index is 11.5. The van der Waals surface area contributed by atoms with E-state index in [1.807, 2.05) is 66.7 Å². The van der Waals surface area contributed by atoms with Crippen LogP contribution >= 0.6 is 0 Å². The lowest BCUT2D eigenvalue weighted by Gasteiger charge is -2.44. The molecule has 124 valence electrons. The van der Waals surface area contributed by atoms with E-state index in [1.165, 1.54) is 32.4 Å². The lowest BCUT2D eigenvalue weighted by molar-refractivity contribution is 0.0713. The van der Waals surface area contributed by atoms with E-state index in [0.717, 1.165) is 17.0 Å². The first-order chi connectivity index (χ1) is 11.8. The Bertz CT molecular complexity index is 647. The highest BCUT2D eigenvalue weighted by Crippen LogP contribution is 2.35. The van der Waals surface area contributed by atoms with Gasteiger partial charge in [0.1, 0.15) is 5.60 Å². The van der Waals surface area contributed by atoms with E-state index in [1.54, 1.807) is 0 Å². The van der Waals surface area contributed by atoms with E-state index in [4.69, 9.17) is 0 Å². The predicted octanol–water partition coefficient (Wildman–Crippen LogP) is 3.96. The third kappa shape index (κ3) is 2.92. The van der Waals surface area contributed by atoms with Gasteiger partial charge < -0.3 is 5.11 Å². The maximum Gasteiger partial charge on any atom is 0.133 e. The first-order valence-corrected chi connectivity index (χ1v) is 9.02. The summed E-state index contributed by atoms with van der Waals surface area (Å²) in [7, 11) is 0. The van der Waals surface area contributed by atoms with E-state index in [0.29, 0.717) is 6.04 Å². The van der Waals surface area contributed by atoms with Gasteiger partial charge in [-0.05, 0) is 55.5 Å². The molecule has 0 amide bonds. The first-order valence-electron chi connectivity index (χ1n) is 9.02. The first kappa shape index (κ1) is 15.6. The van der Waals surface area contributed by atoms with Crippen LogP contribution in [0, 0.1) is 5.92 Å². The van der Waals surface area contributed by atoms with Crippen LogP contribution in [0.15, 0.2) is 72.8 Å². The molecule has 3 fully saturated rings. The van der Waals surface area contributed by atoms with Crippen LogP contribution in [0.4, 0.5) is 0 Å². The Morgan fingerprint density at radius 3 is 1.88 bits per heavy atom. The van der Waals surface area contributed by atoms with Crippen LogP contribution in [0.25, 0.3) is 0 Å². The summed E-state index contributed by atoms with van der Waals surface area (Å²) < 4.78 is 0. The van der Waals surface area contributed by atoms with Gasteiger partial charge in [-0.1, -0.05) is 66.7 Å². The van der Waals surface area contributed by atoms with Crippen molar-refractivity contribution < 1.29 is 5.11 Å². The number of aliphatic hydroxyl groups is 1. The zero-order valence-corrected chi connectivity index (χ0v) is 14.0. The summed E-state index contributed by atoms with van der Waals surface area (Å²) in [4.78, 5) is 2.56. The second kappa shape index (κ2) is 6.54. The Kier molecular flexibility index (Phi) is 4.26. The number of hydrogen-bond donors (Lipinski definition) is 1. The Morgan fingerprint density at radius 1 is 0.875 bits per heavy atom. The zero-order chi connectivity index (χ0) is 16.4.